The molecule has 18 heavy (non-hydrogen) atoms. The van der Waals surface area contributed by atoms with Crippen LogP contribution in [-0.4, -0.2) is 11.6 Å². The van der Waals surface area contributed by atoms with Crippen molar-refractivity contribution < 1.29 is 9.15 Å². The number of pyridine rings is 1. The van der Waals surface area contributed by atoms with E-state index in [1.807, 2.05) is 25.1 Å². The number of anilines is 1. The summed E-state index contributed by atoms with van der Waals surface area (Å²) in [5, 5.41) is 11.8. The summed E-state index contributed by atoms with van der Waals surface area (Å²) in [6.07, 6.45) is 1.68. The SMILES string of the molecule is CCOc1ncccc1NCc1ccc(C#N)o1. The van der Waals surface area contributed by atoms with E-state index in [4.69, 9.17) is 14.4 Å². The van der Waals surface area contributed by atoms with Gasteiger partial charge in [-0.05, 0) is 31.2 Å². The molecule has 2 aromatic rings. The van der Waals surface area contributed by atoms with Crippen molar-refractivity contribution in [3.8, 4) is 11.9 Å². The van der Waals surface area contributed by atoms with E-state index in [9.17, 15) is 0 Å². The summed E-state index contributed by atoms with van der Waals surface area (Å²) in [5.74, 6) is 1.56. The summed E-state index contributed by atoms with van der Waals surface area (Å²) in [4.78, 5) is 4.13. The number of ether oxygens (including phenoxy) is 1. The van der Waals surface area contributed by atoms with Gasteiger partial charge in [-0.15, -0.1) is 0 Å². The first-order valence-electron chi connectivity index (χ1n) is 5.64. The lowest BCUT2D eigenvalue weighted by Gasteiger charge is -2.09. The van der Waals surface area contributed by atoms with Crippen LogP contribution in [0.25, 0.3) is 0 Å². The molecule has 0 aromatic carbocycles. The number of hydrogen-bond acceptors (Lipinski definition) is 5. The molecule has 2 aromatic heterocycles. The molecule has 1 N–H and O–H groups in total. The number of rotatable bonds is 5. The maximum atomic E-state index is 8.66. The maximum absolute atomic E-state index is 8.66. The number of hydrogen-bond donors (Lipinski definition) is 1. The van der Waals surface area contributed by atoms with E-state index in [-0.39, 0.29) is 0 Å². The molecule has 2 rings (SSSR count). The Kier molecular flexibility index (Phi) is 3.82. The first-order valence-corrected chi connectivity index (χ1v) is 5.64. The Balaban J connectivity index is 2.03. The van der Waals surface area contributed by atoms with Crippen molar-refractivity contribution in [1.29, 1.82) is 5.26 Å². The number of aromatic nitrogens is 1. The van der Waals surface area contributed by atoms with Crippen LogP contribution < -0.4 is 10.1 Å². The fourth-order valence-electron chi connectivity index (χ4n) is 1.49. The van der Waals surface area contributed by atoms with Crippen LogP contribution in [0, 0.1) is 11.3 Å². The first kappa shape index (κ1) is 12.0. The largest absolute Gasteiger partial charge is 0.476 e. The lowest BCUT2D eigenvalue weighted by Crippen LogP contribution is -2.03. The Hall–Kier alpha value is -2.48. The Morgan fingerprint density at radius 3 is 3.06 bits per heavy atom. The van der Waals surface area contributed by atoms with E-state index in [0.29, 0.717) is 30.6 Å². The summed E-state index contributed by atoms with van der Waals surface area (Å²) in [7, 11) is 0. The van der Waals surface area contributed by atoms with Crippen molar-refractivity contribution >= 4 is 5.69 Å². The molecule has 0 saturated carbocycles. The van der Waals surface area contributed by atoms with Gasteiger partial charge in [0.2, 0.25) is 11.6 Å². The Morgan fingerprint density at radius 1 is 1.44 bits per heavy atom. The molecule has 5 nitrogen and oxygen atoms in total. The van der Waals surface area contributed by atoms with Gasteiger partial charge in [-0.1, -0.05) is 0 Å². The van der Waals surface area contributed by atoms with Gasteiger partial charge in [0, 0.05) is 6.20 Å². The summed E-state index contributed by atoms with van der Waals surface area (Å²) < 4.78 is 10.7. The predicted octanol–water partition coefficient (Wildman–Crippen LogP) is 2.56. The number of nitrogens with zero attached hydrogens (tertiary/aromatic N) is 2. The fourth-order valence-corrected chi connectivity index (χ4v) is 1.49. The zero-order valence-electron chi connectivity index (χ0n) is 10.0. The van der Waals surface area contributed by atoms with Crippen molar-refractivity contribution in [3.05, 3.63) is 42.0 Å². The molecule has 0 bridgehead atoms. The Morgan fingerprint density at radius 2 is 2.33 bits per heavy atom. The van der Waals surface area contributed by atoms with Crippen LogP contribution in [-0.2, 0) is 6.54 Å². The summed E-state index contributed by atoms with van der Waals surface area (Å²) in [5.41, 5.74) is 0.800. The minimum absolute atomic E-state index is 0.308. The van der Waals surface area contributed by atoms with Crippen molar-refractivity contribution in [2.75, 3.05) is 11.9 Å². The van der Waals surface area contributed by atoms with Gasteiger partial charge in [-0.2, -0.15) is 5.26 Å². The average molecular weight is 243 g/mol. The second-order valence-corrected chi connectivity index (χ2v) is 3.52. The molecule has 2 heterocycles. The smallest absolute Gasteiger partial charge is 0.237 e. The van der Waals surface area contributed by atoms with E-state index in [1.54, 1.807) is 18.3 Å². The van der Waals surface area contributed by atoms with E-state index < -0.39 is 0 Å². The van der Waals surface area contributed by atoms with Crippen LogP contribution in [0.1, 0.15) is 18.4 Å². The molecule has 0 atom stereocenters. The van der Waals surface area contributed by atoms with Gasteiger partial charge in [0.1, 0.15) is 11.8 Å². The highest BCUT2D eigenvalue weighted by molar-refractivity contribution is 5.52. The van der Waals surface area contributed by atoms with Crippen LogP contribution in [0.2, 0.25) is 0 Å². The highest BCUT2D eigenvalue weighted by Crippen LogP contribution is 2.21. The minimum atomic E-state index is 0.308. The zero-order valence-corrected chi connectivity index (χ0v) is 10.0. The van der Waals surface area contributed by atoms with Crippen LogP contribution >= 0.6 is 0 Å². The standard InChI is InChI=1S/C13H13N3O2/c1-2-17-13-12(4-3-7-15-13)16-9-11-6-5-10(8-14)18-11/h3-7,16H,2,9H2,1H3. The van der Waals surface area contributed by atoms with E-state index in [1.165, 1.54) is 0 Å². The number of furan rings is 1. The molecular weight excluding hydrogens is 230 g/mol. The van der Waals surface area contributed by atoms with Crippen molar-refractivity contribution in [1.82, 2.24) is 4.98 Å². The van der Waals surface area contributed by atoms with E-state index in [0.717, 1.165) is 5.69 Å². The van der Waals surface area contributed by atoms with Gasteiger partial charge in [0.15, 0.2) is 0 Å². The third-order valence-electron chi connectivity index (χ3n) is 2.28. The summed E-state index contributed by atoms with van der Waals surface area (Å²) in [6.45, 7) is 2.95. The molecule has 92 valence electrons. The quantitative estimate of drug-likeness (QED) is 0.873. The summed E-state index contributed by atoms with van der Waals surface area (Å²) in [6, 6.07) is 9.06. The number of nitrogens with one attached hydrogen (secondary N) is 1. The molecular formula is C13H13N3O2. The van der Waals surface area contributed by atoms with Crippen LogP contribution in [0.3, 0.4) is 0 Å². The molecule has 0 aliphatic heterocycles. The topological polar surface area (TPSA) is 71.1 Å². The Bertz CT molecular complexity index is 557. The first-order chi connectivity index (χ1) is 8.83. The van der Waals surface area contributed by atoms with E-state index in [2.05, 4.69) is 10.3 Å². The van der Waals surface area contributed by atoms with Gasteiger partial charge in [-0.25, -0.2) is 4.98 Å². The minimum Gasteiger partial charge on any atom is -0.476 e. The molecule has 0 fully saturated rings. The monoisotopic (exact) mass is 243 g/mol. The third kappa shape index (κ3) is 2.80. The van der Waals surface area contributed by atoms with E-state index >= 15 is 0 Å². The zero-order chi connectivity index (χ0) is 12.8. The van der Waals surface area contributed by atoms with Gasteiger partial charge in [0.05, 0.1) is 18.8 Å². The van der Waals surface area contributed by atoms with Crippen LogP contribution in [0.5, 0.6) is 5.88 Å². The maximum Gasteiger partial charge on any atom is 0.237 e. The van der Waals surface area contributed by atoms with Crippen LogP contribution in [0.15, 0.2) is 34.9 Å². The second-order valence-electron chi connectivity index (χ2n) is 3.52. The molecule has 0 amide bonds. The highest BCUT2D eigenvalue weighted by atomic mass is 16.5. The van der Waals surface area contributed by atoms with Gasteiger partial charge >= 0.3 is 0 Å². The normalized spacial score (nSPS) is 9.78. The van der Waals surface area contributed by atoms with Crippen molar-refractivity contribution in [2.24, 2.45) is 0 Å². The molecule has 0 spiro atoms. The predicted molar refractivity (Wildman–Crippen MR) is 66.2 cm³/mol. The molecule has 5 heteroatoms. The summed E-state index contributed by atoms with van der Waals surface area (Å²) >= 11 is 0. The van der Waals surface area contributed by atoms with Crippen molar-refractivity contribution in [2.45, 2.75) is 13.5 Å². The highest BCUT2D eigenvalue weighted by Gasteiger charge is 2.05. The number of nitriles is 1. The average Bonchev–Trinajstić information content (AvgIpc) is 2.86. The Labute approximate surface area is 105 Å². The second kappa shape index (κ2) is 5.73. The van der Waals surface area contributed by atoms with Crippen LogP contribution in [0.4, 0.5) is 5.69 Å². The van der Waals surface area contributed by atoms with Gasteiger partial charge < -0.3 is 14.5 Å². The molecule has 0 saturated heterocycles. The lowest BCUT2D eigenvalue weighted by atomic mass is 10.3. The van der Waals surface area contributed by atoms with Gasteiger partial charge in [0.25, 0.3) is 0 Å². The van der Waals surface area contributed by atoms with Gasteiger partial charge in [-0.3, -0.25) is 0 Å². The third-order valence-corrected chi connectivity index (χ3v) is 2.28. The lowest BCUT2D eigenvalue weighted by molar-refractivity contribution is 0.328. The molecule has 0 aliphatic carbocycles. The molecule has 0 radical (unpaired) electrons. The molecule has 0 unspecified atom stereocenters. The molecule has 0 aliphatic rings. The van der Waals surface area contributed by atoms with Crippen molar-refractivity contribution in [3.63, 3.8) is 0 Å². The fraction of sp³-hybridized carbons (Fsp3) is 0.231.